The van der Waals surface area contributed by atoms with Crippen LogP contribution in [-0.2, 0) is 13.5 Å². The molecule has 3 rings (SSSR count). The molecule has 2 atom stereocenters. The van der Waals surface area contributed by atoms with Crippen LogP contribution in [0.1, 0.15) is 18.4 Å². The lowest BCUT2D eigenvalue weighted by atomic mass is 9.92. The van der Waals surface area contributed by atoms with Crippen LogP contribution in [0.4, 0.5) is 0 Å². The first-order valence-corrected chi connectivity index (χ1v) is 6.75. The molecule has 2 aliphatic heterocycles. The van der Waals surface area contributed by atoms with E-state index >= 15 is 0 Å². The van der Waals surface area contributed by atoms with E-state index in [1.165, 1.54) is 44.6 Å². The number of aromatic nitrogens is 2. The molecule has 94 valence electrons. The summed E-state index contributed by atoms with van der Waals surface area (Å²) in [6, 6.07) is 0.792. The van der Waals surface area contributed by atoms with Crippen LogP contribution >= 0.6 is 0 Å². The van der Waals surface area contributed by atoms with Crippen molar-refractivity contribution in [2.24, 2.45) is 13.0 Å². The fourth-order valence-electron chi connectivity index (χ4n) is 3.31. The van der Waals surface area contributed by atoms with E-state index in [1.54, 1.807) is 0 Å². The number of piperidine rings is 1. The van der Waals surface area contributed by atoms with Crippen LogP contribution in [0.5, 0.6) is 0 Å². The lowest BCUT2D eigenvalue weighted by molar-refractivity contribution is 0.126. The summed E-state index contributed by atoms with van der Waals surface area (Å²) in [5, 5.41) is 7.77. The number of nitrogens with one attached hydrogen (secondary N) is 1. The molecule has 17 heavy (non-hydrogen) atoms. The van der Waals surface area contributed by atoms with Gasteiger partial charge in [0.2, 0.25) is 0 Å². The van der Waals surface area contributed by atoms with Crippen molar-refractivity contribution in [2.75, 3.05) is 26.2 Å². The first kappa shape index (κ1) is 11.2. The van der Waals surface area contributed by atoms with Crippen molar-refractivity contribution in [3.63, 3.8) is 0 Å². The molecule has 4 nitrogen and oxygen atoms in total. The SMILES string of the molecule is Cn1cc(CCN2CCCC3CNCC32)cn1. The Hall–Kier alpha value is -0.870. The maximum Gasteiger partial charge on any atom is 0.0522 e. The number of hydrogen-bond acceptors (Lipinski definition) is 3. The molecular formula is C13H22N4. The van der Waals surface area contributed by atoms with Gasteiger partial charge >= 0.3 is 0 Å². The molecule has 1 N–H and O–H groups in total. The topological polar surface area (TPSA) is 33.1 Å². The molecule has 3 heterocycles. The van der Waals surface area contributed by atoms with Gasteiger partial charge in [0, 0.05) is 32.4 Å². The van der Waals surface area contributed by atoms with Gasteiger partial charge in [0.1, 0.15) is 0 Å². The Morgan fingerprint density at radius 3 is 3.24 bits per heavy atom. The second kappa shape index (κ2) is 4.78. The number of rotatable bonds is 3. The van der Waals surface area contributed by atoms with E-state index < -0.39 is 0 Å². The van der Waals surface area contributed by atoms with E-state index in [4.69, 9.17) is 0 Å². The molecule has 2 unspecified atom stereocenters. The summed E-state index contributed by atoms with van der Waals surface area (Å²) >= 11 is 0. The Labute approximate surface area is 103 Å². The summed E-state index contributed by atoms with van der Waals surface area (Å²) < 4.78 is 1.89. The minimum absolute atomic E-state index is 0.792. The minimum atomic E-state index is 0.792. The van der Waals surface area contributed by atoms with E-state index in [1.807, 2.05) is 17.9 Å². The summed E-state index contributed by atoms with van der Waals surface area (Å²) in [7, 11) is 1.99. The van der Waals surface area contributed by atoms with E-state index in [-0.39, 0.29) is 0 Å². The van der Waals surface area contributed by atoms with Gasteiger partial charge in [-0.3, -0.25) is 9.58 Å². The predicted molar refractivity (Wildman–Crippen MR) is 67.9 cm³/mol. The maximum atomic E-state index is 4.23. The van der Waals surface area contributed by atoms with Crippen molar-refractivity contribution in [3.05, 3.63) is 18.0 Å². The zero-order valence-corrected chi connectivity index (χ0v) is 10.6. The van der Waals surface area contributed by atoms with Crippen molar-refractivity contribution < 1.29 is 0 Å². The van der Waals surface area contributed by atoms with Gasteiger partial charge in [-0.1, -0.05) is 0 Å². The van der Waals surface area contributed by atoms with Crippen molar-refractivity contribution >= 4 is 0 Å². The third-order valence-corrected chi connectivity index (χ3v) is 4.24. The number of hydrogen-bond donors (Lipinski definition) is 1. The molecule has 0 aromatic carbocycles. The van der Waals surface area contributed by atoms with E-state index in [0.29, 0.717) is 0 Å². The van der Waals surface area contributed by atoms with Gasteiger partial charge in [-0.25, -0.2) is 0 Å². The molecule has 0 aliphatic carbocycles. The van der Waals surface area contributed by atoms with E-state index in [0.717, 1.165) is 18.4 Å². The molecule has 2 aliphatic rings. The third kappa shape index (κ3) is 2.38. The lowest BCUT2D eigenvalue weighted by Crippen LogP contribution is -2.45. The van der Waals surface area contributed by atoms with Crippen LogP contribution in [0.3, 0.4) is 0 Å². The molecule has 1 aromatic heterocycles. The number of nitrogens with zero attached hydrogens (tertiary/aromatic N) is 3. The molecule has 0 radical (unpaired) electrons. The lowest BCUT2D eigenvalue weighted by Gasteiger charge is -2.36. The number of aryl methyl sites for hydroxylation is 1. The standard InChI is InChI=1S/C13H22N4/c1-16-10-11(7-15-16)4-6-17-5-2-3-12-8-14-9-13(12)17/h7,10,12-14H,2-6,8-9H2,1H3. The average molecular weight is 234 g/mol. The van der Waals surface area contributed by atoms with Gasteiger partial charge in [0.15, 0.2) is 0 Å². The zero-order chi connectivity index (χ0) is 11.7. The monoisotopic (exact) mass is 234 g/mol. The van der Waals surface area contributed by atoms with Crippen LogP contribution in [0.2, 0.25) is 0 Å². The van der Waals surface area contributed by atoms with Crippen LogP contribution < -0.4 is 5.32 Å². The summed E-state index contributed by atoms with van der Waals surface area (Å²) in [5.41, 5.74) is 1.36. The Kier molecular flexibility index (Phi) is 3.16. The van der Waals surface area contributed by atoms with E-state index in [9.17, 15) is 0 Å². The first-order valence-electron chi connectivity index (χ1n) is 6.75. The quantitative estimate of drug-likeness (QED) is 0.833. The van der Waals surface area contributed by atoms with Crippen LogP contribution in [0, 0.1) is 5.92 Å². The second-order valence-corrected chi connectivity index (χ2v) is 5.44. The van der Waals surface area contributed by atoms with Gasteiger partial charge in [0.25, 0.3) is 0 Å². The highest BCUT2D eigenvalue weighted by Crippen LogP contribution is 2.26. The van der Waals surface area contributed by atoms with Gasteiger partial charge in [0.05, 0.1) is 6.20 Å². The second-order valence-electron chi connectivity index (χ2n) is 5.44. The summed E-state index contributed by atoms with van der Waals surface area (Å²) in [4.78, 5) is 2.68. The fourth-order valence-corrected chi connectivity index (χ4v) is 3.31. The molecule has 2 saturated heterocycles. The van der Waals surface area contributed by atoms with Crippen molar-refractivity contribution in [3.8, 4) is 0 Å². The maximum absolute atomic E-state index is 4.23. The Balaban J connectivity index is 1.57. The molecule has 2 fully saturated rings. The molecule has 0 spiro atoms. The highest BCUT2D eigenvalue weighted by atomic mass is 15.2. The Bertz CT molecular complexity index is 373. The average Bonchev–Trinajstić information content (AvgIpc) is 2.94. The molecule has 0 saturated carbocycles. The summed E-state index contributed by atoms with van der Waals surface area (Å²) in [6.07, 6.45) is 8.05. The van der Waals surface area contributed by atoms with Crippen molar-refractivity contribution in [1.82, 2.24) is 20.0 Å². The van der Waals surface area contributed by atoms with Crippen LogP contribution in [-0.4, -0.2) is 46.9 Å². The smallest absolute Gasteiger partial charge is 0.0522 e. The first-order chi connectivity index (χ1) is 8.33. The molecule has 1 aromatic rings. The molecular weight excluding hydrogens is 212 g/mol. The molecule has 4 heteroatoms. The van der Waals surface area contributed by atoms with Gasteiger partial charge in [-0.15, -0.1) is 0 Å². The highest BCUT2D eigenvalue weighted by Gasteiger charge is 2.34. The third-order valence-electron chi connectivity index (χ3n) is 4.24. The number of fused-ring (bicyclic) bond motifs is 1. The number of likely N-dealkylation sites (tertiary alicyclic amines) is 1. The summed E-state index contributed by atoms with van der Waals surface area (Å²) in [6.45, 7) is 4.89. The van der Waals surface area contributed by atoms with Gasteiger partial charge in [-0.05, 0) is 43.8 Å². The Morgan fingerprint density at radius 2 is 2.41 bits per heavy atom. The predicted octanol–water partition coefficient (Wildman–Crippen LogP) is 0.646. The van der Waals surface area contributed by atoms with Crippen molar-refractivity contribution in [2.45, 2.75) is 25.3 Å². The van der Waals surface area contributed by atoms with Gasteiger partial charge < -0.3 is 5.32 Å². The largest absolute Gasteiger partial charge is 0.315 e. The fraction of sp³-hybridized carbons (Fsp3) is 0.769. The van der Waals surface area contributed by atoms with E-state index in [2.05, 4.69) is 21.5 Å². The summed E-state index contributed by atoms with van der Waals surface area (Å²) in [5.74, 6) is 0.901. The van der Waals surface area contributed by atoms with Crippen molar-refractivity contribution in [1.29, 1.82) is 0 Å². The molecule has 0 bridgehead atoms. The van der Waals surface area contributed by atoms with Crippen LogP contribution in [0.25, 0.3) is 0 Å². The molecule has 0 amide bonds. The van der Waals surface area contributed by atoms with Crippen LogP contribution in [0.15, 0.2) is 12.4 Å². The minimum Gasteiger partial charge on any atom is -0.315 e. The zero-order valence-electron chi connectivity index (χ0n) is 10.6. The highest BCUT2D eigenvalue weighted by molar-refractivity contribution is 5.04. The Morgan fingerprint density at radius 1 is 1.47 bits per heavy atom. The van der Waals surface area contributed by atoms with Gasteiger partial charge in [-0.2, -0.15) is 5.10 Å². The normalized spacial score (nSPS) is 29.5.